The highest BCUT2D eigenvalue weighted by atomic mass is 35.5. The number of halogens is 4. The van der Waals surface area contributed by atoms with Crippen molar-refractivity contribution in [2.75, 3.05) is 6.61 Å². The summed E-state index contributed by atoms with van der Waals surface area (Å²) in [7, 11) is 0. The summed E-state index contributed by atoms with van der Waals surface area (Å²) in [5, 5.41) is 24.6. The van der Waals surface area contributed by atoms with Gasteiger partial charge in [-0.1, -0.05) is 36.7 Å². The number of aliphatic hydroxyl groups is 1. The van der Waals surface area contributed by atoms with Crippen molar-refractivity contribution >= 4 is 29.1 Å². The number of nitrogens with zero attached hydrogens (tertiary/aromatic N) is 2. The lowest BCUT2D eigenvalue weighted by Gasteiger charge is -2.31. The minimum atomic E-state index is -4.55. The Labute approximate surface area is 235 Å². The van der Waals surface area contributed by atoms with Crippen LogP contribution in [0.2, 0.25) is 5.02 Å². The minimum Gasteiger partial charge on any atom is -0.481 e. The molecule has 1 aromatic heterocycles. The Hall–Kier alpha value is -2.69. The molecule has 7 nitrogen and oxygen atoms in total. The quantitative estimate of drug-likeness (QED) is 0.402. The lowest BCUT2D eigenvalue weighted by Crippen LogP contribution is -2.32. The third-order valence-corrected chi connectivity index (χ3v) is 9.06. The van der Waals surface area contributed by atoms with Gasteiger partial charge >= 0.3 is 12.1 Å². The average molecular weight is 581 g/mol. The SMILES string of the molecule is CCO[C@H](O)C1CCC(c2nn(C(=O)c3c(Cl)cccc3C3(C(F)(F)F)CC3)c3c2CCC(C(=O)O)C3)=C[C@@H]1C. The largest absolute Gasteiger partial charge is 0.481 e. The molecule has 2 unspecified atom stereocenters. The summed E-state index contributed by atoms with van der Waals surface area (Å²) in [4.78, 5) is 25.9. The van der Waals surface area contributed by atoms with Crippen molar-refractivity contribution in [3.05, 3.63) is 57.4 Å². The fraction of sp³-hybridized carbons (Fsp3) is 0.552. The molecule has 1 heterocycles. The fourth-order valence-electron chi connectivity index (χ4n) is 6.33. The van der Waals surface area contributed by atoms with E-state index in [-0.39, 0.29) is 47.2 Å². The number of fused-ring (bicyclic) bond motifs is 1. The van der Waals surface area contributed by atoms with E-state index in [0.29, 0.717) is 43.7 Å². The van der Waals surface area contributed by atoms with E-state index in [0.717, 1.165) is 15.8 Å². The van der Waals surface area contributed by atoms with E-state index in [9.17, 15) is 33.0 Å². The third-order valence-electron chi connectivity index (χ3n) is 8.74. The van der Waals surface area contributed by atoms with Gasteiger partial charge in [-0.2, -0.15) is 23.0 Å². The first-order valence-corrected chi connectivity index (χ1v) is 14.0. The van der Waals surface area contributed by atoms with Crippen molar-refractivity contribution in [2.24, 2.45) is 17.8 Å². The molecule has 0 radical (unpaired) electrons. The number of carboxylic acids is 1. The number of hydrogen-bond donors (Lipinski definition) is 2. The number of ether oxygens (including phenoxy) is 1. The predicted molar refractivity (Wildman–Crippen MR) is 141 cm³/mol. The van der Waals surface area contributed by atoms with E-state index < -0.39 is 35.7 Å². The number of alkyl halides is 3. The standard InChI is InChI=1S/C29H32ClF3N2O5/c1-3-40-27(39)18-9-7-16(13-15(18)2)24-19-10-8-17(26(37)38)14-22(19)35(34-24)25(36)23-20(5-4-6-21(23)30)28(11-12-28)29(31,32)33/h4-6,13,15,17-18,27,39H,3,7-12,14H2,1-2H3,(H,37,38)/t15-,17?,18?,27-/m0/s1. The Balaban J connectivity index is 1.60. The molecule has 3 aliphatic carbocycles. The summed E-state index contributed by atoms with van der Waals surface area (Å²) in [6.07, 6.45) is -1.83. The number of allylic oxidation sites excluding steroid dienone is 2. The minimum absolute atomic E-state index is 0.0299. The van der Waals surface area contributed by atoms with Crippen molar-refractivity contribution in [1.82, 2.24) is 9.78 Å². The smallest absolute Gasteiger partial charge is 0.398 e. The van der Waals surface area contributed by atoms with Gasteiger partial charge in [0.2, 0.25) is 0 Å². The second-order valence-electron chi connectivity index (χ2n) is 11.1. The summed E-state index contributed by atoms with van der Waals surface area (Å²) in [6.45, 7) is 4.15. The molecule has 216 valence electrons. The maximum atomic E-state index is 14.1. The Morgan fingerprint density at radius 1 is 1.25 bits per heavy atom. The van der Waals surface area contributed by atoms with Crippen molar-refractivity contribution < 1.29 is 37.7 Å². The zero-order chi connectivity index (χ0) is 29.0. The van der Waals surface area contributed by atoms with Gasteiger partial charge in [0.1, 0.15) is 0 Å². The van der Waals surface area contributed by atoms with E-state index >= 15 is 0 Å². The van der Waals surface area contributed by atoms with Crippen LogP contribution >= 0.6 is 11.6 Å². The zero-order valence-electron chi connectivity index (χ0n) is 22.3. The van der Waals surface area contributed by atoms with Gasteiger partial charge < -0.3 is 14.9 Å². The van der Waals surface area contributed by atoms with Crippen LogP contribution in [0.4, 0.5) is 13.2 Å². The molecule has 0 aliphatic heterocycles. The normalized spacial score (nSPS) is 24.7. The van der Waals surface area contributed by atoms with Crippen LogP contribution in [-0.4, -0.2) is 50.9 Å². The Bertz CT molecular complexity index is 1360. The molecule has 0 saturated heterocycles. The van der Waals surface area contributed by atoms with Gasteiger partial charge in [-0.05, 0) is 68.6 Å². The Kier molecular flexibility index (Phi) is 7.65. The van der Waals surface area contributed by atoms with E-state index in [1.165, 1.54) is 18.2 Å². The highest BCUT2D eigenvalue weighted by molar-refractivity contribution is 6.34. The fourth-order valence-corrected chi connectivity index (χ4v) is 6.58. The molecule has 1 fully saturated rings. The van der Waals surface area contributed by atoms with Gasteiger partial charge in [0.15, 0.2) is 6.29 Å². The molecular formula is C29H32ClF3N2O5. The zero-order valence-corrected chi connectivity index (χ0v) is 23.1. The number of carboxylic acid groups (broad SMARTS) is 1. The topological polar surface area (TPSA) is 102 Å². The van der Waals surface area contributed by atoms with Crippen LogP contribution in [-0.2, 0) is 27.8 Å². The number of hydrogen-bond acceptors (Lipinski definition) is 5. The highest BCUT2D eigenvalue weighted by Crippen LogP contribution is 2.60. The monoisotopic (exact) mass is 580 g/mol. The molecule has 0 spiro atoms. The summed E-state index contributed by atoms with van der Waals surface area (Å²) in [5.74, 6) is -2.72. The van der Waals surface area contributed by atoms with Crippen LogP contribution in [0.1, 0.15) is 78.8 Å². The molecule has 1 saturated carbocycles. The molecule has 3 aliphatic rings. The number of rotatable bonds is 7. The van der Waals surface area contributed by atoms with Gasteiger partial charge in [0, 0.05) is 24.5 Å². The highest BCUT2D eigenvalue weighted by Gasteiger charge is 2.65. The van der Waals surface area contributed by atoms with Crippen LogP contribution in [0, 0.1) is 17.8 Å². The number of aliphatic carboxylic acids is 1. The molecule has 5 rings (SSSR count). The van der Waals surface area contributed by atoms with E-state index in [1.807, 2.05) is 19.9 Å². The van der Waals surface area contributed by atoms with Crippen molar-refractivity contribution in [3.63, 3.8) is 0 Å². The number of carbonyl (C=O) groups is 2. The predicted octanol–water partition coefficient (Wildman–Crippen LogP) is 5.79. The first-order valence-electron chi connectivity index (χ1n) is 13.6. The number of benzene rings is 1. The summed E-state index contributed by atoms with van der Waals surface area (Å²) in [6, 6.07) is 4.09. The molecule has 40 heavy (non-hydrogen) atoms. The molecular weight excluding hydrogens is 549 g/mol. The van der Waals surface area contributed by atoms with Crippen molar-refractivity contribution in [2.45, 2.75) is 76.7 Å². The van der Waals surface area contributed by atoms with Crippen molar-refractivity contribution in [3.8, 4) is 0 Å². The Morgan fingerprint density at radius 2 is 1.98 bits per heavy atom. The van der Waals surface area contributed by atoms with Crippen LogP contribution in [0.5, 0.6) is 0 Å². The van der Waals surface area contributed by atoms with E-state index in [1.54, 1.807) is 0 Å². The number of carbonyl (C=O) groups excluding carboxylic acids is 1. The van der Waals surface area contributed by atoms with Crippen LogP contribution in [0.15, 0.2) is 24.3 Å². The second-order valence-corrected chi connectivity index (χ2v) is 11.5. The van der Waals surface area contributed by atoms with E-state index in [4.69, 9.17) is 16.3 Å². The van der Waals surface area contributed by atoms with Gasteiger partial charge in [0.25, 0.3) is 5.91 Å². The van der Waals surface area contributed by atoms with Gasteiger partial charge in [-0.3, -0.25) is 9.59 Å². The van der Waals surface area contributed by atoms with Crippen LogP contribution < -0.4 is 0 Å². The Morgan fingerprint density at radius 3 is 2.58 bits per heavy atom. The number of aliphatic hydroxyl groups excluding tert-OH is 1. The molecule has 2 aromatic rings. The lowest BCUT2D eigenvalue weighted by atomic mass is 9.78. The molecule has 0 amide bonds. The summed E-state index contributed by atoms with van der Waals surface area (Å²) < 4.78 is 48.8. The maximum absolute atomic E-state index is 14.1. The maximum Gasteiger partial charge on any atom is 0.398 e. The van der Waals surface area contributed by atoms with Gasteiger partial charge in [0.05, 0.1) is 33.3 Å². The lowest BCUT2D eigenvalue weighted by molar-refractivity contribution is -0.160. The first-order chi connectivity index (χ1) is 18.9. The van der Waals surface area contributed by atoms with Gasteiger partial charge in [-0.25, -0.2) is 0 Å². The van der Waals surface area contributed by atoms with Crippen LogP contribution in [0.25, 0.3) is 5.57 Å². The van der Waals surface area contributed by atoms with Gasteiger partial charge in [-0.15, -0.1) is 0 Å². The molecule has 11 heteroatoms. The molecule has 2 N–H and O–H groups in total. The van der Waals surface area contributed by atoms with Crippen molar-refractivity contribution in [1.29, 1.82) is 0 Å². The first kappa shape index (κ1) is 28.8. The second kappa shape index (κ2) is 10.6. The molecule has 0 bridgehead atoms. The summed E-state index contributed by atoms with van der Waals surface area (Å²) >= 11 is 6.40. The van der Waals surface area contributed by atoms with Crippen LogP contribution in [0.3, 0.4) is 0 Å². The summed E-state index contributed by atoms with van der Waals surface area (Å²) in [5.41, 5.74) is -0.0250. The number of aromatic nitrogens is 2. The molecule has 1 aromatic carbocycles. The molecule has 4 atom stereocenters. The third kappa shape index (κ3) is 4.88. The van der Waals surface area contributed by atoms with E-state index in [2.05, 4.69) is 5.10 Å². The average Bonchev–Trinajstić information content (AvgIpc) is 3.64.